The van der Waals surface area contributed by atoms with Gasteiger partial charge in [0.05, 0.1) is 11.2 Å². The Morgan fingerprint density at radius 3 is 2.05 bits per heavy atom. The second-order valence-electron chi connectivity index (χ2n) is 16.1. The molecule has 0 unspecified atom stereocenters. The van der Waals surface area contributed by atoms with Crippen LogP contribution in [0.1, 0.15) is 47.9 Å². The summed E-state index contributed by atoms with van der Waals surface area (Å²) in [5.41, 5.74) is 17.0. The second kappa shape index (κ2) is 21.5. The van der Waals surface area contributed by atoms with Crippen LogP contribution in [-0.4, -0.2) is 65.0 Å². The largest absolute Gasteiger partial charge is 0.370 e. The molecule has 0 bridgehead atoms. The minimum Gasteiger partial charge on any atom is -0.370 e. The van der Waals surface area contributed by atoms with Crippen LogP contribution in [0.4, 0.5) is 28.0 Å². The Morgan fingerprint density at radius 1 is 0.692 bits per heavy atom. The summed E-state index contributed by atoms with van der Waals surface area (Å²) in [7, 11) is 0. The first-order chi connectivity index (χ1) is 31.4. The quantitative estimate of drug-likeness (QED) is 0.0233. The third kappa shape index (κ3) is 12.3. The molecule has 338 valence electrons. The van der Waals surface area contributed by atoms with E-state index in [1.165, 1.54) is 42.5 Å². The van der Waals surface area contributed by atoms with Crippen molar-refractivity contribution < 1.29 is 31.9 Å². The molecule has 1 aliphatic heterocycles. The lowest BCUT2D eigenvalue weighted by molar-refractivity contribution is -0.130. The van der Waals surface area contributed by atoms with E-state index < -0.39 is 47.4 Å². The molecule has 1 saturated heterocycles. The van der Waals surface area contributed by atoms with Gasteiger partial charge in [-0.3, -0.25) is 19.5 Å². The van der Waals surface area contributed by atoms with Gasteiger partial charge < -0.3 is 37.3 Å². The molecular weight excluding hydrogens is 839 g/mol. The fourth-order valence-electron chi connectivity index (χ4n) is 8.08. The van der Waals surface area contributed by atoms with E-state index in [1.54, 1.807) is 18.2 Å². The molecule has 1 aromatic heterocycles. The molecule has 1 fully saturated rings. The van der Waals surface area contributed by atoms with E-state index in [9.17, 15) is 31.9 Å². The predicted octanol–water partition coefficient (Wildman–Crippen LogP) is 7.10. The number of guanidine groups is 1. The molecule has 1 aliphatic rings. The summed E-state index contributed by atoms with van der Waals surface area (Å²) in [5.74, 6) is -4.51. The van der Waals surface area contributed by atoms with Crippen LogP contribution in [-0.2, 0) is 35.6 Å². The number of aliphatic imine (C=N–C) groups is 1. The van der Waals surface area contributed by atoms with Gasteiger partial charge in [-0.25, -0.2) is 22.4 Å². The number of carbonyl (C=O) groups excluding carboxylic acids is 3. The average Bonchev–Trinajstić information content (AvgIpc) is 3.92. The van der Waals surface area contributed by atoms with Crippen molar-refractivity contribution >= 4 is 40.4 Å². The molecule has 16 heteroatoms. The first-order valence-electron chi connectivity index (χ1n) is 21.5. The lowest BCUT2D eigenvalue weighted by Gasteiger charge is -2.23. The van der Waals surface area contributed by atoms with Crippen LogP contribution in [0.25, 0.3) is 22.2 Å². The lowest BCUT2D eigenvalue weighted by atomic mass is 10.0. The van der Waals surface area contributed by atoms with Gasteiger partial charge in [-0.15, -0.1) is 0 Å². The van der Waals surface area contributed by atoms with Crippen molar-refractivity contribution in [3.63, 3.8) is 0 Å². The molecule has 7 rings (SSSR count). The Kier molecular flexibility index (Phi) is 15.1. The number of nitrogens with two attached hydrogens (primary N) is 2. The Morgan fingerprint density at radius 2 is 1.37 bits per heavy atom. The summed E-state index contributed by atoms with van der Waals surface area (Å²) >= 11 is 0. The molecule has 5 aromatic carbocycles. The summed E-state index contributed by atoms with van der Waals surface area (Å²) < 4.78 is 58.2. The summed E-state index contributed by atoms with van der Waals surface area (Å²) in [6.45, 7) is 3.23. The van der Waals surface area contributed by atoms with E-state index >= 15 is 0 Å². The van der Waals surface area contributed by atoms with E-state index in [0.717, 1.165) is 71.4 Å². The van der Waals surface area contributed by atoms with E-state index in [0.29, 0.717) is 24.3 Å². The van der Waals surface area contributed by atoms with Gasteiger partial charge in [-0.1, -0.05) is 66.7 Å². The summed E-state index contributed by atoms with van der Waals surface area (Å²) in [6, 6.07) is 27.3. The Balaban J connectivity index is 1.17. The van der Waals surface area contributed by atoms with Gasteiger partial charge in [0.25, 0.3) is 0 Å². The number of nitrogens with one attached hydrogen (secondary N) is 4. The number of fused-ring (bicyclic) bond motifs is 1. The highest BCUT2D eigenvalue weighted by molar-refractivity contribution is 5.99. The smallest absolute Gasteiger partial charge is 0.319 e. The maximum atomic E-state index is 14.4. The zero-order valence-corrected chi connectivity index (χ0v) is 35.6. The number of halogens is 4. The van der Waals surface area contributed by atoms with Crippen molar-refractivity contribution in [1.82, 2.24) is 25.4 Å². The van der Waals surface area contributed by atoms with Gasteiger partial charge >= 0.3 is 6.03 Å². The first kappa shape index (κ1) is 45.8. The molecular formula is C49H51F4N9O3. The zero-order valence-electron chi connectivity index (χ0n) is 35.6. The Bertz CT molecular complexity index is 2630. The summed E-state index contributed by atoms with van der Waals surface area (Å²) in [6.07, 6.45) is 2.32. The number of amides is 4. The molecule has 8 N–H and O–H groups in total. The van der Waals surface area contributed by atoms with Crippen molar-refractivity contribution in [2.24, 2.45) is 16.5 Å². The summed E-state index contributed by atoms with van der Waals surface area (Å²) in [5, 5.41) is 12.0. The van der Waals surface area contributed by atoms with Crippen LogP contribution in [0.5, 0.6) is 0 Å². The van der Waals surface area contributed by atoms with Gasteiger partial charge in [0.15, 0.2) is 17.6 Å². The summed E-state index contributed by atoms with van der Waals surface area (Å²) in [4.78, 5) is 48.0. The van der Waals surface area contributed by atoms with Crippen LogP contribution < -0.4 is 32.7 Å². The monoisotopic (exact) mass is 889 g/mol. The number of anilines is 1. The standard InChI is InChI=1S/C49H51F4N9O3/c50-35-15-10-31(11-16-35)28-57-46(63)42(9-6-22-56-48(54)55)59-47(64)43(26-33-14-21-40(52)41(53)25-33)60-49(65)58-37-19-20-38-39(30-61-23-4-5-24-61)45(34-7-2-1-3-8-34)62(44(38)27-37)29-32-12-17-36(51)18-13-32/h1-3,7-8,10-21,25,27,42-43H,4-6,9,22-24,26,28-30H2,(H,57,63)(H,59,64)(H4,54,55,56)(H2,58,60,65)/t42-,43-/m0/s1. The number of aromatic nitrogens is 1. The second-order valence-corrected chi connectivity index (χ2v) is 16.1. The van der Waals surface area contributed by atoms with Gasteiger partial charge in [0, 0.05) is 43.7 Å². The number of rotatable bonds is 18. The highest BCUT2D eigenvalue weighted by Crippen LogP contribution is 2.37. The minimum atomic E-state index is -1.38. The van der Waals surface area contributed by atoms with E-state index in [4.69, 9.17) is 11.5 Å². The van der Waals surface area contributed by atoms with Gasteiger partial charge in [-0.05, 0) is 115 Å². The molecule has 0 saturated carbocycles. The highest BCUT2D eigenvalue weighted by atomic mass is 19.2. The Hall–Kier alpha value is -7.20. The minimum absolute atomic E-state index is 0.0303. The number of carbonyl (C=O) groups is 3. The number of nitrogens with zero attached hydrogens (tertiary/aromatic N) is 3. The van der Waals surface area contributed by atoms with E-state index in [-0.39, 0.29) is 49.7 Å². The number of benzene rings is 5. The fourth-order valence-corrected chi connectivity index (χ4v) is 8.08. The number of urea groups is 1. The zero-order chi connectivity index (χ0) is 45.9. The first-order valence-corrected chi connectivity index (χ1v) is 21.5. The molecule has 0 spiro atoms. The topological polar surface area (TPSA) is 172 Å². The van der Waals surface area contributed by atoms with Gasteiger partial charge in [0.2, 0.25) is 11.8 Å². The van der Waals surface area contributed by atoms with Crippen LogP contribution in [0.3, 0.4) is 0 Å². The third-order valence-corrected chi connectivity index (χ3v) is 11.3. The van der Waals surface area contributed by atoms with Crippen molar-refractivity contribution in [1.29, 1.82) is 0 Å². The number of hydrogen-bond acceptors (Lipinski definition) is 5. The molecule has 0 aliphatic carbocycles. The van der Waals surface area contributed by atoms with Crippen LogP contribution in [0.2, 0.25) is 0 Å². The Labute approximate surface area is 374 Å². The van der Waals surface area contributed by atoms with Gasteiger partial charge in [-0.2, -0.15) is 0 Å². The highest BCUT2D eigenvalue weighted by Gasteiger charge is 2.28. The molecule has 65 heavy (non-hydrogen) atoms. The van der Waals surface area contributed by atoms with E-state index in [2.05, 4.69) is 47.9 Å². The van der Waals surface area contributed by atoms with Gasteiger partial charge in [0.1, 0.15) is 23.7 Å². The van der Waals surface area contributed by atoms with Crippen molar-refractivity contribution in [3.8, 4) is 11.3 Å². The molecule has 2 heterocycles. The van der Waals surface area contributed by atoms with Crippen molar-refractivity contribution in [2.75, 3.05) is 25.0 Å². The number of hydrogen-bond donors (Lipinski definition) is 6. The maximum Gasteiger partial charge on any atom is 0.319 e. The van der Waals surface area contributed by atoms with Crippen LogP contribution in [0, 0.1) is 23.3 Å². The van der Waals surface area contributed by atoms with Crippen LogP contribution in [0.15, 0.2) is 120 Å². The lowest BCUT2D eigenvalue weighted by Crippen LogP contribution is -2.55. The molecule has 12 nitrogen and oxygen atoms in total. The van der Waals surface area contributed by atoms with E-state index in [1.807, 2.05) is 30.3 Å². The predicted molar refractivity (Wildman–Crippen MR) is 243 cm³/mol. The molecule has 6 aromatic rings. The maximum absolute atomic E-state index is 14.4. The number of likely N-dealkylation sites (tertiary alicyclic amines) is 1. The normalized spacial score (nSPS) is 13.5. The molecule has 4 amide bonds. The van der Waals surface area contributed by atoms with Crippen molar-refractivity contribution in [2.45, 2.75) is 63.8 Å². The third-order valence-electron chi connectivity index (χ3n) is 11.3. The van der Waals surface area contributed by atoms with Crippen molar-refractivity contribution in [3.05, 3.63) is 161 Å². The SMILES string of the molecule is NC(N)=NCCC[C@H](NC(=O)[C@H](Cc1ccc(F)c(F)c1)NC(=O)Nc1ccc2c(CN3CCCC3)c(-c3ccccc3)n(Cc3ccc(F)cc3)c2c1)C(=O)NCc1ccc(F)cc1. The fraction of sp³-hybridized carbons (Fsp3) is 0.265. The average molecular weight is 890 g/mol. The molecule has 0 radical (unpaired) electrons. The van der Waals surface area contributed by atoms with Crippen LogP contribution >= 0.6 is 0 Å². The molecule has 2 atom stereocenters.